The lowest BCUT2D eigenvalue weighted by Gasteiger charge is -2.18. The van der Waals surface area contributed by atoms with E-state index >= 15 is 0 Å². The number of nitrogens with zero attached hydrogens (tertiary/aromatic N) is 3. The lowest BCUT2D eigenvalue weighted by molar-refractivity contribution is 0.249. The molecule has 1 heterocycles. The van der Waals surface area contributed by atoms with E-state index in [1.165, 1.54) is 5.56 Å². The number of ether oxygens (including phenoxy) is 1. The van der Waals surface area contributed by atoms with Gasteiger partial charge in [-0.15, -0.1) is 0 Å². The Balaban J connectivity index is 1.64. The van der Waals surface area contributed by atoms with E-state index in [4.69, 9.17) is 4.74 Å². The van der Waals surface area contributed by atoms with E-state index in [-0.39, 0.29) is 0 Å². The van der Waals surface area contributed by atoms with E-state index in [1.54, 1.807) is 0 Å². The van der Waals surface area contributed by atoms with Gasteiger partial charge in [-0.3, -0.25) is 0 Å². The van der Waals surface area contributed by atoms with E-state index < -0.39 is 0 Å². The normalized spacial score (nSPS) is 12.5. The number of hydrogen-bond acceptors (Lipinski definition) is 4. The molecule has 0 saturated carbocycles. The molecule has 1 aromatic carbocycles. The smallest absolute Gasteiger partial charge is 0.119 e. The average molecular weight is 359 g/mol. The third-order valence-electron chi connectivity index (χ3n) is 4.76. The van der Waals surface area contributed by atoms with Gasteiger partial charge in [0.25, 0.3) is 0 Å². The van der Waals surface area contributed by atoms with Gasteiger partial charge in [0.1, 0.15) is 5.75 Å². The lowest BCUT2D eigenvalue weighted by atomic mass is 10.1. The average Bonchev–Trinajstić information content (AvgIpc) is 3.19. The molecular weight excluding hydrogens is 324 g/mol. The van der Waals surface area contributed by atoms with Gasteiger partial charge in [-0.05, 0) is 57.1 Å². The Kier molecular flexibility index (Phi) is 9.21. The number of aromatic nitrogens is 2. The molecule has 1 aromatic heterocycles. The van der Waals surface area contributed by atoms with Crippen molar-refractivity contribution >= 4 is 0 Å². The summed E-state index contributed by atoms with van der Waals surface area (Å²) < 4.78 is 7.97. The Morgan fingerprint density at radius 3 is 2.58 bits per heavy atom. The van der Waals surface area contributed by atoms with Crippen LogP contribution in [0.1, 0.15) is 45.2 Å². The molecule has 5 nitrogen and oxygen atoms in total. The molecule has 1 atom stereocenters. The van der Waals surface area contributed by atoms with Crippen LogP contribution in [0.25, 0.3) is 0 Å². The molecule has 1 unspecified atom stereocenters. The summed E-state index contributed by atoms with van der Waals surface area (Å²) in [6.07, 6.45) is 7.85. The third kappa shape index (κ3) is 7.18. The zero-order chi connectivity index (χ0) is 18.6. The monoisotopic (exact) mass is 358 g/mol. The minimum atomic E-state index is 0.342. The highest BCUT2D eigenvalue weighted by molar-refractivity contribution is 5.28. The quantitative estimate of drug-likeness (QED) is 0.554. The van der Waals surface area contributed by atoms with E-state index in [0.29, 0.717) is 6.04 Å². The van der Waals surface area contributed by atoms with Crippen LogP contribution in [0.2, 0.25) is 0 Å². The fraction of sp³-hybridized carbons (Fsp3) is 0.571. The highest BCUT2D eigenvalue weighted by Crippen LogP contribution is 2.17. The highest BCUT2D eigenvalue weighted by Gasteiger charge is 2.05. The summed E-state index contributed by atoms with van der Waals surface area (Å²) >= 11 is 0. The molecule has 2 rings (SSSR count). The molecule has 1 N–H and O–H groups in total. The van der Waals surface area contributed by atoms with Gasteiger partial charge in [-0.1, -0.05) is 26.0 Å². The van der Waals surface area contributed by atoms with Crippen LogP contribution in [0, 0.1) is 0 Å². The lowest BCUT2D eigenvalue weighted by Crippen LogP contribution is -2.25. The minimum Gasteiger partial charge on any atom is -0.494 e. The number of benzene rings is 1. The van der Waals surface area contributed by atoms with Gasteiger partial charge in [0, 0.05) is 31.5 Å². The Hall–Kier alpha value is -1.85. The van der Waals surface area contributed by atoms with Gasteiger partial charge in [-0.2, -0.15) is 0 Å². The molecular formula is C21H34N4O. The fourth-order valence-corrected chi connectivity index (χ4v) is 2.99. The first-order valence-corrected chi connectivity index (χ1v) is 9.87. The van der Waals surface area contributed by atoms with Crippen LogP contribution in [0.5, 0.6) is 5.75 Å². The molecule has 0 aliphatic rings. The summed E-state index contributed by atoms with van der Waals surface area (Å²) in [7, 11) is 0. The molecule has 5 heteroatoms. The molecule has 0 bridgehead atoms. The van der Waals surface area contributed by atoms with Gasteiger partial charge >= 0.3 is 0 Å². The predicted octanol–water partition coefficient (Wildman–Crippen LogP) is 3.73. The molecule has 0 aliphatic carbocycles. The van der Waals surface area contributed by atoms with Crippen LogP contribution < -0.4 is 10.1 Å². The summed E-state index contributed by atoms with van der Waals surface area (Å²) in [5.41, 5.74) is 1.29. The molecule has 0 saturated heterocycles. The van der Waals surface area contributed by atoms with Crippen molar-refractivity contribution in [1.82, 2.24) is 19.8 Å². The maximum absolute atomic E-state index is 5.86. The van der Waals surface area contributed by atoms with Gasteiger partial charge in [0.05, 0.1) is 12.9 Å². The van der Waals surface area contributed by atoms with Crippen LogP contribution in [-0.2, 0) is 6.54 Å². The zero-order valence-corrected chi connectivity index (χ0v) is 16.5. The Bertz CT molecular complexity index is 579. The molecule has 2 aromatic rings. The Morgan fingerprint density at radius 2 is 1.92 bits per heavy atom. The van der Waals surface area contributed by atoms with Crippen LogP contribution in [-0.4, -0.2) is 47.2 Å². The van der Waals surface area contributed by atoms with Crippen LogP contribution in [0.15, 0.2) is 43.0 Å². The maximum atomic E-state index is 5.86. The number of aryl methyl sites for hydroxylation is 1. The first kappa shape index (κ1) is 20.5. The largest absolute Gasteiger partial charge is 0.494 e. The van der Waals surface area contributed by atoms with Gasteiger partial charge in [0.2, 0.25) is 0 Å². The van der Waals surface area contributed by atoms with E-state index in [1.807, 2.05) is 18.7 Å². The molecule has 0 radical (unpaired) electrons. The number of nitrogens with one attached hydrogen (secondary N) is 1. The molecule has 0 spiro atoms. The SMILES string of the molecule is CCN(CC)CCCOc1ccc(C(C)NCCCn2ccnc2)cc1. The topological polar surface area (TPSA) is 42.3 Å². The molecule has 26 heavy (non-hydrogen) atoms. The van der Waals surface area contributed by atoms with Crippen LogP contribution in [0.4, 0.5) is 0 Å². The summed E-state index contributed by atoms with van der Waals surface area (Å²) in [5, 5.41) is 3.58. The van der Waals surface area contributed by atoms with Crippen molar-refractivity contribution in [2.24, 2.45) is 0 Å². The van der Waals surface area contributed by atoms with Gasteiger partial charge in [0.15, 0.2) is 0 Å². The third-order valence-corrected chi connectivity index (χ3v) is 4.76. The summed E-state index contributed by atoms with van der Waals surface area (Å²) in [5.74, 6) is 0.959. The molecule has 144 valence electrons. The van der Waals surface area contributed by atoms with Crippen molar-refractivity contribution in [3.05, 3.63) is 48.5 Å². The summed E-state index contributed by atoms with van der Waals surface area (Å²) in [6, 6.07) is 8.82. The van der Waals surface area contributed by atoms with Crippen molar-refractivity contribution < 1.29 is 4.74 Å². The Labute approximate surface area is 158 Å². The molecule has 0 aliphatic heterocycles. The van der Waals surface area contributed by atoms with Crippen molar-refractivity contribution in [3.8, 4) is 5.75 Å². The van der Waals surface area contributed by atoms with E-state index in [0.717, 1.165) is 57.9 Å². The molecule has 0 fully saturated rings. The van der Waals surface area contributed by atoms with Crippen molar-refractivity contribution in [2.45, 2.75) is 46.2 Å². The van der Waals surface area contributed by atoms with E-state index in [9.17, 15) is 0 Å². The second kappa shape index (κ2) is 11.7. The standard InChI is InChI=1S/C21H34N4O/c1-4-24(5-2)15-7-17-26-21-10-8-20(9-11-21)19(3)23-12-6-14-25-16-13-22-18-25/h8-11,13,16,18-19,23H,4-7,12,14-15,17H2,1-3H3. The second-order valence-corrected chi connectivity index (χ2v) is 6.63. The minimum absolute atomic E-state index is 0.342. The van der Waals surface area contributed by atoms with Crippen molar-refractivity contribution in [2.75, 3.05) is 32.8 Å². The van der Waals surface area contributed by atoms with Crippen molar-refractivity contribution in [3.63, 3.8) is 0 Å². The van der Waals surface area contributed by atoms with Crippen LogP contribution >= 0.6 is 0 Å². The fourth-order valence-electron chi connectivity index (χ4n) is 2.99. The number of hydrogen-bond donors (Lipinski definition) is 1. The second-order valence-electron chi connectivity index (χ2n) is 6.63. The number of imidazole rings is 1. The summed E-state index contributed by atoms with van der Waals surface area (Å²) in [6.45, 7) is 12.7. The summed E-state index contributed by atoms with van der Waals surface area (Å²) in [4.78, 5) is 6.49. The first-order chi connectivity index (χ1) is 12.7. The Morgan fingerprint density at radius 1 is 1.15 bits per heavy atom. The number of rotatable bonds is 13. The van der Waals surface area contributed by atoms with E-state index in [2.05, 4.69) is 64.8 Å². The molecule has 0 amide bonds. The highest BCUT2D eigenvalue weighted by atomic mass is 16.5. The maximum Gasteiger partial charge on any atom is 0.119 e. The van der Waals surface area contributed by atoms with Crippen LogP contribution in [0.3, 0.4) is 0 Å². The first-order valence-electron chi connectivity index (χ1n) is 9.87. The zero-order valence-electron chi connectivity index (χ0n) is 16.5. The predicted molar refractivity (Wildman–Crippen MR) is 108 cm³/mol. The van der Waals surface area contributed by atoms with Crippen molar-refractivity contribution in [1.29, 1.82) is 0 Å². The van der Waals surface area contributed by atoms with Gasteiger partial charge < -0.3 is 19.5 Å². The van der Waals surface area contributed by atoms with Gasteiger partial charge in [-0.25, -0.2) is 4.98 Å².